The minimum Gasteiger partial charge on any atom is -0.495 e. The summed E-state index contributed by atoms with van der Waals surface area (Å²) in [4.78, 5) is 24.5. The topological polar surface area (TPSA) is 67.4 Å². The number of hydrogen-bond donors (Lipinski definition) is 2. The van der Waals surface area contributed by atoms with E-state index in [0.29, 0.717) is 16.5 Å². The van der Waals surface area contributed by atoms with Gasteiger partial charge in [0.25, 0.3) is 0 Å². The van der Waals surface area contributed by atoms with E-state index in [4.69, 9.17) is 16.3 Å². The van der Waals surface area contributed by atoms with Gasteiger partial charge in [0.15, 0.2) is 0 Å². The maximum Gasteiger partial charge on any atom is 0.234 e. The van der Waals surface area contributed by atoms with Gasteiger partial charge in [-0.2, -0.15) is 0 Å². The second-order valence-corrected chi connectivity index (χ2v) is 7.81. The minimum atomic E-state index is -0.215. The summed E-state index contributed by atoms with van der Waals surface area (Å²) < 4.78 is 5.26. The van der Waals surface area contributed by atoms with Crippen LogP contribution in [0.15, 0.2) is 54.6 Å². The Morgan fingerprint density at radius 3 is 2.34 bits per heavy atom. The Balaban J connectivity index is 1.53. The molecule has 0 heterocycles. The van der Waals surface area contributed by atoms with Gasteiger partial charge in [0.1, 0.15) is 5.75 Å². The van der Waals surface area contributed by atoms with E-state index in [1.165, 1.54) is 18.9 Å². The summed E-state index contributed by atoms with van der Waals surface area (Å²) in [6, 6.07) is 17.0. The summed E-state index contributed by atoms with van der Waals surface area (Å²) in [6.45, 7) is 1.85. The quantitative estimate of drug-likeness (QED) is 0.548. The first-order valence-electron chi connectivity index (χ1n) is 8.97. The highest BCUT2D eigenvalue weighted by atomic mass is 35.5. The molecule has 0 aliphatic heterocycles. The zero-order chi connectivity index (χ0) is 20.8. The average molecular weight is 429 g/mol. The molecule has 0 saturated carbocycles. The van der Waals surface area contributed by atoms with Crippen molar-refractivity contribution in [3.63, 3.8) is 0 Å². The molecule has 3 aromatic rings. The van der Waals surface area contributed by atoms with Gasteiger partial charge in [0.2, 0.25) is 11.8 Å². The summed E-state index contributed by atoms with van der Waals surface area (Å²) in [7, 11) is 1.52. The van der Waals surface area contributed by atoms with Crippen molar-refractivity contribution in [2.24, 2.45) is 0 Å². The third kappa shape index (κ3) is 5.43. The highest BCUT2D eigenvalue weighted by Crippen LogP contribution is 2.31. The second kappa shape index (κ2) is 9.67. The normalized spacial score (nSPS) is 10.6. The van der Waals surface area contributed by atoms with Gasteiger partial charge in [-0.15, -0.1) is 11.8 Å². The van der Waals surface area contributed by atoms with Crippen molar-refractivity contribution < 1.29 is 14.3 Å². The number of rotatable bonds is 7. The molecular formula is C22H21ClN2O3S. The Morgan fingerprint density at radius 1 is 0.966 bits per heavy atom. The van der Waals surface area contributed by atoms with Crippen molar-refractivity contribution in [3.05, 3.63) is 65.2 Å². The van der Waals surface area contributed by atoms with Crippen LogP contribution in [0.3, 0.4) is 0 Å². The summed E-state index contributed by atoms with van der Waals surface area (Å²) in [6.07, 6.45) is 0. The van der Waals surface area contributed by atoms with Crippen LogP contribution >= 0.6 is 23.4 Å². The Labute approximate surface area is 178 Å². The Hall–Kier alpha value is -2.70. The fourth-order valence-electron chi connectivity index (χ4n) is 2.87. The van der Waals surface area contributed by atoms with Crippen molar-refractivity contribution >= 4 is 57.3 Å². The fraction of sp³-hybridized carbons (Fsp3) is 0.182. The van der Waals surface area contributed by atoms with Crippen molar-refractivity contribution in [1.82, 2.24) is 0 Å². The van der Waals surface area contributed by atoms with Crippen LogP contribution in [0.25, 0.3) is 10.8 Å². The Bertz CT molecular complexity index is 1050. The second-order valence-electron chi connectivity index (χ2n) is 6.42. The lowest BCUT2D eigenvalue weighted by Crippen LogP contribution is -2.19. The first-order chi connectivity index (χ1) is 14.0. The number of halogens is 1. The van der Waals surface area contributed by atoms with Crippen LogP contribution in [-0.2, 0) is 9.59 Å². The van der Waals surface area contributed by atoms with E-state index in [9.17, 15) is 9.59 Å². The van der Waals surface area contributed by atoms with Gasteiger partial charge in [0.05, 0.1) is 24.3 Å². The zero-order valence-electron chi connectivity index (χ0n) is 16.1. The number of amides is 2. The number of hydrogen-bond acceptors (Lipinski definition) is 4. The monoisotopic (exact) mass is 428 g/mol. The Kier molecular flexibility index (Phi) is 7.01. The standard InChI is InChI=1S/C22H21ClN2O3S/c1-14-10-19(20(28-2)11-17(14)23)25-22(27)13-29-12-21(26)24-18-9-5-7-15-6-3-4-8-16(15)18/h3-11H,12-13H2,1-2H3,(H,24,26)(H,25,27). The molecule has 0 atom stereocenters. The van der Waals surface area contributed by atoms with E-state index in [1.54, 1.807) is 12.1 Å². The molecule has 0 spiro atoms. The molecule has 0 saturated heterocycles. The summed E-state index contributed by atoms with van der Waals surface area (Å²) in [5.74, 6) is 0.445. The van der Waals surface area contributed by atoms with Crippen LogP contribution < -0.4 is 15.4 Å². The molecule has 5 nitrogen and oxygen atoms in total. The number of aryl methyl sites for hydroxylation is 1. The highest BCUT2D eigenvalue weighted by molar-refractivity contribution is 8.00. The zero-order valence-corrected chi connectivity index (χ0v) is 17.7. The van der Waals surface area contributed by atoms with E-state index in [1.807, 2.05) is 49.4 Å². The van der Waals surface area contributed by atoms with E-state index in [2.05, 4.69) is 10.6 Å². The molecule has 2 N–H and O–H groups in total. The summed E-state index contributed by atoms with van der Waals surface area (Å²) in [5, 5.41) is 8.33. The predicted octanol–water partition coefficient (Wildman–Crippen LogP) is 5.12. The van der Waals surface area contributed by atoms with Crippen molar-refractivity contribution in [1.29, 1.82) is 0 Å². The molecule has 0 unspecified atom stereocenters. The van der Waals surface area contributed by atoms with E-state index >= 15 is 0 Å². The van der Waals surface area contributed by atoms with Gasteiger partial charge in [-0.3, -0.25) is 9.59 Å². The number of methoxy groups -OCH3 is 1. The van der Waals surface area contributed by atoms with Crippen LogP contribution in [-0.4, -0.2) is 30.4 Å². The van der Waals surface area contributed by atoms with Gasteiger partial charge in [0, 0.05) is 22.2 Å². The number of nitrogens with one attached hydrogen (secondary N) is 2. The number of carbonyl (C=O) groups is 2. The third-order valence-electron chi connectivity index (χ3n) is 4.28. The molecule has 0 aliphatic rings. The van der Waals surface area contributed by atoms with Gasteiger partial charge >= 0.3 is 0 Å². The van der Waals surface area contributed by atoms with Crippen LogP contribution in [0, 0.1) is 6.92 Å². The number of fused-ring (bicyclic) bond motifs is 1. The molecule has 0 aliphatic carbocycles. The molecule has 150 valence electrons. The largest absolute Gasteiger partial charge is 0.495 e. The van der Waals surface area contributed by atoms with Crippen LogP contribution in [0.2, 0.25) is 5.02 Å². The van der Waals surface area contributed by atoms with E-state index < -0.39 is 0 Å². The van der Waals surface area contributed by atoms with Crippen molar-refractivity contribution in [2.75, 3.05) is 29.2 Å². The maximum absolute atomic E-state index is 12.3. The molecule has 7 heteroatoms. The highest BCUT2D eigenvalue weighted by Gasteiger charge is 2.12. The van der Waals surface area contributed by atoms with Crippen LogP contribution in [0.4, 0.5) is 11.4 Å². The average Bonchev–Trinajstić information content (AvgIpc) is 2.71. The number of anilines is 2. The molecule has 0 radical (unpaired) electrons. The lowest BCUT2D eigenvalue weighted by molar-refractivity contribution is -0.114. The predicted molar refractivity (Wildman–Crippen MR) is 121 cm³/mol. The molecule has 3 aromatic carbocycles. The molecule has 0 aromatic heterocycles. The van der Waals surface area contributed by atoms with Crippen molar-refractivity contribution in [2.45, 2.75) is 6.92 Å². The van der Waals surface area contributed by atoms with E-state index in [-0.39, 0.29) is 23.3 Å². The Morgan fingerprint density at radius 2 is 1.62 bits per heavy atom. The number of benzene rings is 3. The first kappa shape index (κ1) is 21.0. The van der Waals surface area contributed by atoms with Gasteiger partial charge in [-0.25, -0.2) is 0 Å². The lowest BCUT2D eigenvalue weighted by atomic mass is 10.1. The van der Waals surface area contributed by atoms with Crippen LogP contribution in [0.5, 0.6) is 5.75 Å². The minimum absolute atomic E-state index is 0.147. The van der Waals surface area contributed by atoms with Crippen molar-refractivity contribution in [3.8, 4) is 5.75 Å². The molecule has 29 heavy (non-hydrogen) atoms. The van der Waals surface area contributed by atoms with Crippen LogP contribution in [0.1, 0.15) is 5.56 Å². The maximum atomic E-state index is 12.3. The first-order valence-corrected chi connectivity index (χ1v) is 10.5. The van der Waals surface area contributed by atoms with Gasteiger partial charge in [-0.05, 0) is 30.0 Å². The molecular weight excluding hydrogens is 408 g/mol. The number of carbonyl (C=O) groups excluding carboxylic acids is 2. The third-order valence-corrected chi connectivity index (χ3v) is 5.62. The van der Waals surface area contributed by atoms with E-state index in [0.717, 1.165) is 22.0 Å². The smallest absolute Gasteiger partial charge is 0.234 e. The molecule has 0 bridgehead atoms. The lowest BCUT2D eigenvalue weighted by Gasteiger charge is -2.12. The SMILES string of the molecule is COc1cc(Cl)c(C)cc1NC(=O)CSCC(=O)Nc1cccc2ccccc12. The number of ether oxygens (including phenoxy) is 1. The van der Waals surface area contributed by atoms with Gasteiger partial charge < -0.3 is 15.4 Å². The molecule has 0 fully saturated rings. The fourth-order valence-corrected chi connectivity index (χ4v) is 3.64. The number of thioether (sulfide) groups is 1. The summed E-state index contributed by atoms with van der Waals surface area (Å²) >= 11 is 7.32. The molecule has 2 amide bonds. The summed E-state index contributed by atoms with van der Waals surface area (Å²) in [5.41, 5.74) is 2.16. The molecule has 3 rings (SSSR count). The van der Waals surface area contributed by atoms with Gasteiger partial charge in [-0.1, -0.05) is 48.0 Å².